The fourth-order valence-electron chi connectivity index (χ4n) is 1.17. The summed E-state index contributed by atoms with van der Waals surface area (Å²) in [6.07, 6.45) is 7.55. The molecule has 0 saturated carbocycles. The summed E-state index contributed by atoms with van der Waals surface area (Å²) in [7, 11) is 0. The fraction of sp³-hybridized carbons (Fsp3) is 0.900. The summed E-state index contributed by atoms with van der Waals surface area (Å²) in [6, 6.07) is 0. The van der Waals surface area contributed by atoms with E-state index in [1.807, 2.05) is 29.5 Å². The van der Waals surface area contributed by atoms with Gasteiger partial charge >= 0.3 is 0 Å². The van der Waals surface area contributed by atoms with Crippen molar-refractivity contribution in [1.29, 1.82) is 0 Å². The minimum Gasteiger partial charge on any atom is -0.288 e. The van der Waals surface area contributed by atoms with E-state index in [2.05, 4.69) is 6.92 Å². The van der Waals surface area contributed by atoms with Crippen molar-refractivity contribution in [3.05, 3.63) is 0 Å². The largest absolute Gasteiger partial charge is 0.288 e. The zero-order valence-electron chi connectivity index (χ0n) is 8.11. The lowest BCUT2D eigenvalue weighted by molar-refractivity contribution is -0.112. The first-order valence-corrected chi connectivity index (χ1v) is 5.95. The van der Waals surface area contributed by atoms with Crippen molar-refractivity contribution in [3.8, 4) is 0 Å². The van der Waals surface area contributed by atoms with Crippen molar-refractivity contribution < 1.29 is 4.79 Å². The lowest BCUT2D eigenvalue weighted by Crippen LogP contribution is -2.02. The summed E-state index contributed by atoms with van der Waals surface area (Å²) < 4.78 is 0.308. The Morgan fingerprint density at radius 2 is 1.83 bits per heavy atom. The molecule has 1 atom stereocenters. The third kappa shape index (κ3) is 7.07. The van der Waals surface area contributed by atoms with Gasteiger partial charge in [0.05, 0.1) is 0 Å². The van der Waals surface area contributed by atoms with Crippen LogP contribution in [0.2, 0.25) is 0 Å². The second-order valence-electron chi connectivity index (χ2n) is 3.41. The van der Waals surface area contributed by atoms with Gasteiger partial charge in [-0.05, 0) is 29.0 Å². The minimum atomic E-state index is 0.271. The van der Waals surface area contributed by atoms with Gasteiger partial charge in [-0.15, -0.1) is 0 Å². The number of rotatable bonds is 7. The van der Waals surface area contributed by atoms with E-state index in [0.717, 1.165) is 6.42 Å². The maximum absolute atomic E-state index is 10.9. The number of hydrogen-bond acceptors (Lipinski definition) is 1. The first-order valence-electron chi connectivity index (χ1n) is 4.87. The Bertz CT molecular complexity index is 123. The van der Waals surface area contributed by atoms with Crippen LogP contribution in [-0.4, -0.2) is 3.79 Å². The Morgan fingerprint density at radius 1 is 1.25 bits per heavy atom. The molecule has 0 radical (unpaired) electrons. The molecular formula is C10H19IO. The predicted molar refractivity (Wildman–Crippen MR) is 61.6 cm³/mol. The van der Waals surface area contributed by atoms with Crippen LogP contribution in [0.25, 0.3) is 0 Å². The first-order chi connectivity index (χ1) is 5.68. The normalized spacial score (nSPS) is 12.9. The van der Waals surface area contributed by atoms with Crippen LogP contribution in [0.15, 0.2) is 0 Å². The Morgan fingerprint density at radius 3 is 2.33 bits per heavy atom. The van der Waals surface area contributed by atoms with E-state index in [9.17, 15) is 4.79 Å². The van der Waals surface area contributed by atoms with E-state index in [0.29, 0.717) is 3.79 Å². The molecule has 0 N–H and O–H groups in total. The van der Waals surface area contributed by atoms with Gasteiger partial charge in [0.25, 0.3) is 0 Å². The zero-order chi connectivity index (χ0) is 9.40. The SMILES string of the molecule is CCCCCCCC(C)C(=O)I. The van der Waals surface area contributed by atoms with Crippen LogP contribution in [0.5, 0.6) is 0 Å². The molecule has 0 amide bonds. The molecule has 0 aromatic carbocycles. The van der Waals surface area contributed by atoms with Crippen LogP contribution in [0.3, 0.4) is 0 Å². The van der Waals surface area contributed by atoms with Crippen molar-refractivity contribution in [2.75, 3.05) is 0 Å². The fourth-order valence-corrected chi connectivity index (χ4v) is 1.48. The summed E-state index contributed by atoms with van der Waals surface area (Å²) in [6.45, 7) is 4.24. The summed E-state index contributed by atoms with van der Waals surface area (Å²) >= 11 is 1.90. The molecule has 0 aliphatic heterocycles. The maximum Gasteiger partial charge on any atom is 0.195 e. The molecule has 0 rings (SSSR count). The molecule has 72 valence electrons. The molecule has 1 unspecified atom stereocenters. The monoisotopic (exact) mass is 282 g/mol. The topological polar surface area (TPSA) is 17.1 Å². The summed E-state index contributed by atoms with van der Waals surface area (Å²) in [5.74, 6) is 0.271. The molecule has 0 heterocycles. The Balaban J connectivity index is 3.14. The highest BCUT2D eigenvalue weighted by molar-refractivity contribution is 14.1. The van der Waals surface area contributed by atoms with Gasteiger partial charge in [0.2, 0.25) is 0 Å². The zero-order valence-corrected chi connectivity index (χ0v) is 10.3. The molecule has 0 aromatic heterocycles. The lowest BCUT2D eigenvalue weighted by atomic mass is 10.0. The van der Waals surface area contributed by atoms with Crippen LogP contribution in [0.4, 0.5) is 0 Å². The van der Waals surface area contributed by atoms with E-state index >= 15 is 0 Å². The van der Waals surface area contributed by atoms with Gasteiger partial charge in [0, 0.05) is 5.92 Å². The standard InChI is InChI=1S/C10H19IO/c1-3-4-5-6-7-8-9(2)10(11)12/h9H,3-8H2,1-2H3. The molecule has 0 aliphatic carbocycles. The Labute approximate surface area is 89.4 Å². The van der Waals surface area contributed by atoms with E-state index in [-0.39, 0.29) is 5.92 Å². The van der Waals surface area contributed by atoms with Crippen LogP contribution in [0.1, 0.15) is 52.4 Å². The van der Waals surface area contributed by atoms with Crippen molar-refractivity contribution >= 4 is 26.4 Å². The van der Waals surface area contributed by atoms with Crippen molar-refractivity contribution in [2.45, 2.75) is 52.4 Å². The Hall–Kier alpha value is 0.400. The van der Waals surface area contributed by atoms with Crippen molar-refractivity contribution in [1.82, 2.24) is 0 Å². The van der Waals surface area contributed by atoms with E-state index in [1.54, 1.807) is 0 Å². The minimum absolute atomic E-state index is 0.271. The maximum atomic E-state index is 10.9. The average molecular weight is 282 g/mol. The van der Waals surface area contributed by atoms with Gasteiger partial charge in [0.15, 0.2) is 3.79 Å². The van der Waals surface area contributed by atoms with Crippen molar-refractivity contribution in [2.24, 2.45) is 5.92 Å². The molecule has 0 aromatic rings. The van der Waals surface area contributed by atoms with Gasteiger partial charge in [-0.2, -0.15) is 0 Å². The molecule has 2 heteroatoms. The van der Waals surface area contributed by atoms with Crippen LogP contribution in [-0.2, 0) is 4.79 Å². The lowest BCUT2D eigenvalue weighted by Gasteiger charge is -2.04. The molecular weight excluding hydrogens is 263 g/mol. The van der Waals surface area contributed by atoms with E-state index in [4.69, 9.17) is 0 Å². The van der Waals surface area contributed by atoms with Gasteiger partial charge in [-0.1, -0.05) is 46.0 Å². The number of carbonyl (C=O) groups excluding carboxylic acids is 1. The van der Waals surface area contributed by atoms with E-state index in [1.165, 1.54) is 32.1 Å². The number of carbonyl (C=O) groups is 1. The smallest absolute Gasteiger partial charge is 0.195 e. The summed E-state index contributed by atoms with van der Waals surface area (Å²) in [5, 5.41) is 0. The summed E-state index contributed by atoms with van der Waals surface area (Å²) in [4.78, 5) is 10.9. The number of hydrogen-bond donors (Lipinski definition) is 0. The first kappa shape index (κ1) is 12.4. The molecule has 0 fully saturated rings. The molecule has 12 heavy (non-hydrogen) atoms. The highest BCUT2D eigenvalue weighted by Gasteiger charge is 2.07. The van der Waals surface area contributed by atoms with E-state index < -0.39 is 0 Å². The number of unbranched alkanes of at least 4 members (excludes halogenated alkanes) is 4. The third-order valence-electron chi connectivity index (χ3n) is 2.13. The van der Waals surface area contributed by atoms with Gasteiger partial charge in [-0.3, -0.25) is 4.79 Å². The van der Waals surface area contributed by atoms with Crippen molar-refractivity contribution in [3.63, 3.8) is 0 Å². The van der Waals surface area contributed by atoms with Gasteiger partial charge in [-0.25, -0.2) is 0 Å². The molecule has 0 spiro atoms. The highest BCUT2D eigenvalue weighted by atomic mass is 127. The van der Waals surface area contributed by atoms with Crippen LogP contribution < -0.4 is 0 Å². The predicted octanol–water partition coefficient (Wildman–Crippen LogP) is 3.94. The van der Waals surface area contributed by atoms with Crippen LogP contribution in [0, 0.1) is 5.92 Å². The molecule has 1 nitrogen and oxygen atoms in total. The second kappa shape index (κ2) is 8.02. The molecule has 0 aliphatic rings. The highest BCUT2D eigenvalue weighted by Crippen LogP contribution is 2.14. The quantitative estimate of drug-likeness (QED) is 0.392. The third-order valence-corrected chi connectivity index (χ3v) is 3.19. The van der Waals surface area contributed by atoms with Gasteiger partial charge < -0.3 is 0 Å². The number of halogens is 1. The summed E-state index contributed by atoms with van der Waals surface area (Å²) in [5.41, 5.74) is 0. The second-order valence-corrected chi connectivity index (χ2v) is 4.47. The Kier molecular flexibility index (Phi) is 8.29. The average Bonchev–Trinajstić information content (AvgIpc) is 2.03. The molecule has 0 bridgehead atoms. The molecule has 0 saturated heterocycles. The van der Waals surface area contributed by atoms with Crippen LogP contribution >= 0.6 is 22.6 Å². The van der Waals surface area contributed by atoms with Gasteiger partial charge in [0.1, 0.15) is 0 Å².